The van der Waals surface area contributed by atoms with Gasteiger partial charge in [0.2, 0.25) is 5.91 Å². The standard InChI is InChI=1S/C24H23N3O2S/c1-15-10-12-18(13-11-15)22-26-23-21(24(29)27(22)14-6-9-19(25)28)20(16(2)30-23)17-7-4-3-5-8-17/h3-5,7-8,10-13H,6,9,14H2,1-2H3,(H2,25,28). The summed E-state index contributed by atoms with van der Waals surface area (Å²) in [5.41, 5.74) is 9.20. The van der Waals surface area contributed by atoms with Crippen LogP contribution in [0.1, 0.15) is 23.3 Å². The molecule has 30 heavy (non-hydrogen) atoms. The van der Waals surface area contributed by atoms with Crippen molar-refractivity contribution in [2.24, 2.45) is 5.73 Å². The van der Waals surface area contributed by atoms with Crippen molar-refractivity contribution in [2.75, 3.05) is 0 Å². The Morgan fingerprint density at radius 3 is 2.40 bits per heavy atom. The highest BCUT2D eigenvalue weighted by atomic mass is 32.1. The highest BCUT2D eigenvalue weighted by Crippen LogP contribution is 2.36. The first kappa shape index (κ1) is 20.0. The molecule has 0 radical (unpaired) electrons. The number of hydrogen-bond donors (Lipinski definition) is 1. The van der Waals surface area contributed by atoms with Gasteiger partial charge in [-0.25, -0.2) is 4.98 Å². The largest absolute Gasteiger partial charge is 0.370 e. The van der Waals surface area contributed by atoms with E-state index in [9.17, 15) is 9.59 Å². The van der Waals surface area contributed by atoms with Crippen LogP contribution >= 0.6 is 11.3 Å². The van der Waals surface area contributed by atoms with Crippen LogP contribution in [0, 0.1) is 13.8 Å². The molecule has 4 aromatic rings. The first-order valence-corrected chi connectivity index (χ1v) is 10.7. The number of carbonyl (C=O) groups excluding carboxylic acids is 1. The molecule has 0 atom stereocenters. The Kier molecular flexibility index (Phi) is 5.50. The van der Waals surface area contributed by atoms with Gasteiger partial charge in [0.1, 0.15) is 10.7 Å². The highest BCUT2D eigenvalue weighted by Gasteiger charge is 2.20. The number of thiophene rings is 1. The van der Waals surface area contributed by atoms with Crippen molar-refractivity contribution >= 4 is 27.5 Å². The molecule has 0 bridgehead atoms. The summed E-state index contributed by atoms with van der Waals surface area (Å²) in [7, 11) is 0. The third kappa shape index (κ3) is 3.78. The van der Waals surface area contributed by atoms with Gasteiger partial charge < -0.3 is 5.73 Å². The third-order valence-electron chi connectivity index (χ3n) is 5.16. The predicted octanol–water partition coefficient (Wildman–Crippen LogP) is 4.67. The maximum absolute atomic E-state index is 13.7. The number of fused-ring (bicyclic) bond motifs is 1. The van der Waals surface area contributed by atoms with E-state index in [-0.39, 0.29) is 17.9 Å². The van der Waals surface area contributed by atoms with Gasteiger partial charge in [0.05, 0.1) is 5.39 Å². The lowest BCUT2D eigenvalue weighted by molar-refractivity contribution is -0.118. The van der Waals surface area contributed by atoms with Crippen molar-refractivity contribution in [1.82, 2.24) is 9.55 Å². The number of benzene rings is 2. The fourth-order valence-corrected chi connectivity index (χ4v) is 4.72. The summed E-state index contributed by atoms with van der Waals surface area (Å²) in [6, 6.07) is 17.9. The van der Waals surface area contributed by atoms with E-state index in [0.717, 1.165) is 32.0 Å². The van der Waals surface area contributed by atoms with E-state index >= 15 is 0 Å². The molecule has 4 rings (SSSR count). The molecule has 2 aromatic heterocycles. The monoisotopic (exact) mass is 417 g/mol. The minimum atomic E-state index is -0.370. The fourth-order valence-electron chi connectivity index (χ4n) is 3.69. The van der Waals surface area contributed by atoms with Crippen LogP contribution in [0.15, 0.2) is 59.4 Å². The molecule has 2 N–H and O–H groups in total. The molecule has 0 unspecified atom stereocenters. The van der Waals surface area contributed by atoms with E-state index < -0.39 is 0 Å². The topological polar surface area (TPSA) is 78.0 Å². The Morgan fingerprint density at radius 1 is 1.03 bits per heavy atom. The van der Waals surface area contributed by atoms with E-state index in [1.165, 1.54) is 11.3 Å². The van der Waals surface area contributed by atoms with Crippen molar-refractivity contribution in [1.29, 1.82) is 0 Å². The lowest BCUT2D eigenvalue weighted by Crippen LogP contribution is -2.24. The fraction of sp³-hybridized carbons (Fsp3) is 0.208. The molecule has 0 spiro atoms. The van der Waals surface area contributed by atoms with Crippen molar-refractivity contribution in [2.45, 2.75) is 33.2 Å². The number of amides is 1. The molecule has 2 heterocycles. The van der Waals surface area contributed by atoms with Crippen LogP contribution in [0.4, 0.5) is 0 Å². The van der Waals surface area contributed by atoms with Gasteiger partial charge in [0.15, 0.2) is 0 Å². The van der Waals surface area contributed by atoms with Crippen LogP contribution in [-0.2, 0) is 11.3 Å². The van der Waals surface area contributed by atoms with Crippen LogP contribution in [0.25, 0.3) is 32.7 Å². The molecule has 0 aliphatic carbocycles. The molecule has 2 aromatic carbocycles. The Hall–Kier alpha value is -3.25. The first-order valence-electron chi connectivity index (χ1n) is 9.90. The Labute approximate surface area is 178 Å². The predicted molar refractivity (Wildman–Crippen MR) is 123 cm³/mol. The third-order valence-corrected chi connectivity index (χ3v) is 6.16. The summed E-state index contributed by atoms with van der Waals surface area (Å²) in [4.78, 5) is 31.6. The number of nitrogens with two attached hydrogens (primary N) is 1. The summed E-state index contributed by atoms with van der Waals surface area (Å²) in [6.45, 7) is 4.43. The number of primary amides is 1. The second kappa shape index (κ2) is 8.24. The van der Waals surface area contributed by atoms with Crippen LogP contribution in [0.3, 0.4) is 0 Å². The van der Waals surface area contributed by atoms with E-state index in [0.29, 0.717) is 24.2 Å². The van der Waals surface area contributed by atoms with Crippen LogP contribution < -0.4 is 11.3 Å². The second-order valence-electron chi connectivity index (χ2n) is 7.41. The maximum atomic E-state index is 13.7. The van der Waals surface area contributed by atoms with Gasteiger partial charge in [-0.05, 0) is 25.8 Å². The average Bonchev–Trinajstić information content (AvgIpc) is 3.06. The zero-order chi connectivity index (χ0) is 21.3. The van der Waals surface area contributed by atoms with Gasteiger partial charge >= 0.3 is 0 Å². The van der Waals surface area contributed by atoms with Gasteiger partial charge in [-0.3, -0.25) is 14.2 Å². The molecule has 0 aliphatic heterocycles. The molecular weight excluding hydrogens is 394 g/mol. The van der Waals surface area contributed by atoms with E-state index in [1.54, 1.807) is 4.57 Å². The normalized spacial score (nSPS) is 11.1. The van der Waals surface area contributed by atoms with Gasteiger partial charge in [-0.15, -0.1) is 11.3 Å². The Bertz CT molecular complexity index is 1270. The smallest absolute Gasteiger partial charge is 0.263 e. The Morgan fingerprint density at radius 2 is 1.73 bits per heavy atom. The second-order valence-corrected chi connectivity index (χ2v) is 8.61. The molecular formula is C24H23N3O2S. The van der Waals surface area contributed by atoms with E-state index in [4.69, 9.17) is 10.7 Å². The lowest BCUT2D eigenvalue weighted by atomic mass is 10.0. The summed E-state index contributed by atoms with van der Waals surface area (Å²) in [6.07, 6.45) is 0.719. The first-order chi connectivity index (χ1) is 14.5. The zero-order valence-corrected chi connectivity index (χ0v) is 17.8. The summed E-state index contributed by atoms with van der Waals surface area (Å²) in [5, 5.41) is 0.638. The van der Waals surface area contributed by atoms with Crippen LogP contribution in [0.2, 0.25) is 0 Å². The summed E-state index contributed by atoms with van der Waals surface area (Å²) in [5.74, 6) is 0.253. The number of carbonyl (C=O) groups is 1. The molecule has 6 heteroatoms. The van der Waals surface area contributed by atoms with Crippen molar-refractivity contribution in [3.63, 3.8) is 0 Å². The van der Waals surface area contributed by atoms with Gasteiger partial charge in [0, 0.05) is 29.0 Å². The minimum absolute atomic E-state index is 0.0803. The number of aryl methyl sites for hydroxylation is 2. The van der Waals surface area contributed by atoms with Crippen LogP contribution in [0.5, 0.6) is 0 Å². The van der Waals surface area contributed by atoms with Gasteiger partial charge in [-0.2, -0.15) is 0 Å². The number of rotatable bonds is 6. The van der Waals surface area contributed by atoms with Gasteiger partial charge in [0.25, 0.3) is 5.56 Å². The SMILES string of the molecule is Cc1ccc(-c2nc3sc(C)c(-c4ccccc4)c3c(=O)n2CCCC(N)=O)cc1. The summed E-state index contributed by atoms with van der Waals surface area (Å²) < 4.78 is 1.69. The highest BCUT2D eigenvalue weighted by molar-refractivity contribution is 7.19. The number of hydrogen-bond acceptors (Lipinski definition) is 4. The van der Waals surface area contributed by atoms with E-state index in [1.807, 2.05) is 68.4 Å². The zero-order valence-electron chi connectivity index (χ0n) is 17.0. The molecule has 0 saturated heterocycles. The molecule has 5 nitrogen and oxygen atoms in total. The quantitative estimate of drug-likeness (QED) is 0.495. The van der Waals surface area contributed by atoms with Gasteiger partial charge in [-0.1, -0.05) is 60.2 Å². The molecule has 152 valence electrons. The lowest BCUT2D eigenvalue weighted by Gasteiger charge is -2.13. The molecule has 0 fully saturated rings. The summed E-state index contributed by atoms with van der Waals surface area (Å²) >= 11 is 1.54. The number of aromatic nitrogens is 2. The average molecular weight is 418 g/mol. The van der Waals surface area contributed by atoms with Crippen LogP contribution in [-0.4, -0.2) is 15.5 Å². The maximum Gasteiger partial charge on any atom is 0.263 e. The van der Waals surface area contributed by atoms with Crippen molar-refractivity contribution in [3.05, 3.63) is 75.4 Å². The molecule has 0 aliphatic rings. The van der Waals surface area contributed by atoms with Crippen molar-refractivity contribution < 1.29 is 4.79 Å². The minimum Gasteiger partial charge on any atom is -0.370 e. The van der Waals surface area contributed by atoms with E-state index in [2.05, 4.69) is 0 Å². The molecule has 0 saturated carbocycles. The van der Waals surface area contributed by atoms with Crippen molar-refractivity contribution in [3.8, 4) is 22.5 Å². The number of nitrogens with zero attached hydrogens (tertiary/aromatic N) is 2. The molecule has 1 amide bonds. The Balaban J connectivity index is 1.96.